The van der Waals surface area contributed by atoms with Crippen LogP contribution in [0.1, 0.15) is 21.6 Å². The number of benzene rings is 2. The van der Waals surface area contributed by atoms with Gasteiger partial charge in [0.2, 0.25) is 5.78 Å². The minimum atomic E-state index is -0.539. The van der Waals surface area contributed by atoms with Gasteiger partial charge in [-0.2, -0.15) is 5.26 Å². The third-order valence-corrected chi connectivity index (χ3v) is 3.92. The van der Waals surface area contributed by atoms with Crippen molar-refractivity contribution in [3.8, 4) is 6.07 Å². The van der Waals surface area contributed by atoms with Crippen molar-refractivity contribution in [3.05, 3.63) is 81.0 Å². The number of rotatable bonds is 4. The second-order valence-corrected chi connectivity index (χ2v) is 5.49. The van der Waals surface area contributed by atoms with Crippen molar-refractivity contribution in [2.45, 2.75) is 6.92 Å². The molecule has 0 saturated carbocycles. The average molecular weight is 331 g/mol. The Labute approximate surface area is 143 Å². The van der Waals surface area contributed by atoms with Gasteiger partial charge in [0.1, 0.15) is 11.6 Å². The second-order valence-electron chi connectivity index (χ2n) is 5.49. The number of aryl methyl sites for hydroxylation is 1. The molecule has 25 heavy (non-hydrogen) atoms. The standard InChI is InChI=1S/C19H13N3O3/c1-12-18(15-7-3-4-8-16(15)21-12)19(23)14(11-20)10-13-6-2-5-9-17(13)22(24)25/h2-10,21H,1H3/b14-10-. The van der Waals surface area contributed by atoms with Crippen LogP contribution in [0.5, 0.6) is 0 Å². The van der Waals surface area contributed by atoms with Crippen LogP contribution in [-0.4, -0.2) is 15.7 Å². The van der Waals surface area contributed by atoms with Crippen molar-refractivity contribution in [1.29, 1.82) is 5.26 Å². The van der Waals surface area contributed by atoms with Gasteiger partial charge in [0, 0.05) is 22.7 Å². The van der Waals surface area contributed by atoms with Gasteiger partial charge in [-0.3, -0.25) is 14.9 Å². The summed E-state index contributed by atoms with van der Waals surface area (Å²) in [4.78, 5) is 26.6. The van der Waals surface area contributed by atoms with E-state index < -0.39 is 10.7 Å². The van der Waals surface area contributed by atoms with Crippen LogP contribution in [0.15, 0.2) is 54.1 Å². The number of nitrogens with zero attached hydrogens (tertiary/aromatic N) is 2. The fourth-order valence-corrected chi connectivity index (χ4v) is 2.78. The monoisotopic (exact) mass is 331 g/mol. The van der Waals surface area contributed by atoms with E-state index in [-0.39, 0.29) is 16.8 Å². The molecule has 1 aromatic heterocycles. The van der Waals surface area contributed by atoms with E-state index in [1.54, 1.807) is 19.1 Å². The largest absolute Gasteiger partial charge is 0.358 e. The summed E-state index contributed by atoms with van der Waals surface area (Å²) >= 11 is 0. The Balaban J connectivity index is 2.13. The molecular formula is C19H13N3O3. The molecule has 0 fully saturated rings. The van der Waals surface area contributed by atoms with Gasteiger partial charge in [0.05, 0.1) is 16.1 Å². The molecule has 0 amide bonds. The number of H-pyrrole nitrogens is 1. The average Bonchev–Trinajstić information content (AvgIpc) is 2.95. The molecule has 1 N–H and O–H groups in total. The molecular weight excluding hydrogens is 318 g/mol. The molecule has 0 unspecified atom stereocenters. The molecule has 0 bridgehead atoms. The fraction of sp³-hybridized carbons (Fsp3) is 0.0526. The lowest BCUT2D eigenvalue weighted by Crippen LogP contribution is -2.03. The number of nitrogens with one attached hydrogen (secondary N) is 1. The van der Waals surface area contributed by atoms with Gasteiger partial charge < -0.3 is 4.98 Å². The molecule has 0 aliphatic carbocycles. The van der Waals surface area contributed by atoms with Gasteiger partial charge >= 0.3 is 0 Å². The lowest BCUT2D eigenvalue weighted by Gasteiger charge is -2.01. The first kappa shape index (κ1) is 16.1. The number of aromatic nitrogens is 1. The summed E-state index contributed by atoms with van der Waals surface area (Å²) in [5, 5.41) is 21.3. The summed E-state index contributed by atoms with van der Waals surface area (Å²) in [6, 6.07) is 15.2. The van der Waals surface area contributed by atoms with Crippen LogP contribution >= 0.6 is 0 Å². The molecule has 0 spiro atoms. The Bertz CT molecular complexity index is 1070. The number of Topliss-reactive ketones (excluding diaryl/α,β-unsaturated/α-hetero) is 1. The van der Waals surface area contributed by atoms with Crippen molar-refractivity contribution in [2.24, 2.45) is 0 Å². The lowest BCUT2D eigenvalue weighted by molar-refractivity contribution is -0.385. The number of hydrogen-bond donors (Lipinski definition) is 1. The van der Waals surface area contributed by atoms with Gasteiger partial charge in [-0.25, -0.2) is 0 Å². The van der Waals surface area contributed by atoms with Crippen LogP contribution in [0.3, 0.4) is 0 Å². The predicted octanol–water partition coefficient (Wildman–Crippen LogP) is 4.17. The lowest BCUT2D eigenvalue weighted by atomic mass is 9.99. The maximum atomic E-state index is 12.9. The molecule has 0 aliphatic heterocycles. The maximum absolute atomic E-state index is 12.9. The van der Waals surface area contributed by atoms with E-state index in [4.69, 9.17) is 0 Å². The topological polar surface area (TPSA) is 99.8 Å². The van der Waals surface area contributed by atoms with Crippen LogP contribution < -0.4 is 0 Å². The molecule has 1 heterocycles. The van der Waals surface area contributed by atoms with Crippen molar-refractivity contribution < 1.29 is 9.72 Å². The Morgan fingerprint density at radius 1 is 1.20 bits per heavy atom. The summed E-state index contributed by atoms with van der Waals surface area (Å²) in [6.07, 6.45) is 1.27. The van der Waals surface area contributed by atoms with Crippen LogP contribution in [0, 0.1) is 28.4 Å². The fourth-order valence-electron chi connectivity index (χ4n) is 2.78. The van der Waals surface area contributed by atoms with Gasteiger partial charge in [-0.1, -0.05) is 30.3 Å². The van der Waals surface area contributed by atoms with Crippen LogP contribution in [0.25, 0.3) is 17.0 Å². The smallest absolute Gasteiger partial charge is 0.276 e. The second kappa shape index (κ2) is 6.42. The van der Waals surface area contributed by atoms with E-state index in [0.29, 0.717) is 16.6 Å². The number of para-hydroxylation sites is 2. The van der Waals surface area contributed by atoms with Crippen molar-refractivity contribution in [3.63, 3.8) is 0 Å². The zero-order valence-electron chi connectivity index (χ0n) is 13.3. The SMILES string of the molecule is Cc1[nH]c2ccccc2c1C(=O)/C(C#N)=C\c1ccccc1[N+](=O)[O-]. The number of carbonyl (C=O) groups excluding carboxylic acids is 1. The zero-order chi connectivity index (χ0) is 18.0. The number of nitriles is 1. The Morgan fingerprint density at radius 2 is 1.88 bits per heavy atom. The van der Waals surface area contributed by atoms with Crippen molar-refractivity contribution >= 4 is 28.4 Å². The molecule has 122 valence electrons. The molecule has 3 rings (SSSR count). The number of fused-ring (bicyclic) bond motifs is 1. The molecule has 0 aliphatic rings. The minimum Gasteiger partial charge on any atom is -0.358 e. The number of allylic oxidation sites excluding steroid dienone is 1. The summed E-state index contributed by atoms with van der Waals surface area (Å²) in [5.41, 5.74) is 1.76. The minimum absolute atomic E-state index is 0.151. The molecule has 3 aromatic rings. The number of nitro benzene ring substituents is 1. The van der Waals surface area contributed by atoms with Gasteiger partial charge in [-0.15, -0.1) is 0 Å². The third-order valence-electron chi connectivity index (χ3n) is 3.92. The third kappa shape index (κ3) is 2.91. The van der Waals surface area contributed by atoms with Crippen molar-refractivity contribution in [1.82, 2.24) is 4.98 Å². The summed E-state index contributed by atoms with van der Waals surface area (Å²) in [6.45, 7) is 1.76. The van der Waals surface area contributed by atoms with E-state index in [0.717, 1.165) is 5.52 Å². The Morgan fingerprint density at radius 3 is 2.60 bits per heavy atom. The number of carbonyl (C=O) groups is 1. The Hall–Kier alpha value is -3.72. The first-order valence-electron chi connectivity index (χ1n) is 7.50. The highest BCUT2D eigenvalue weighted by Gasteiger charge is 2.21. The zero-order valence-corrected chi connectivity index (χ0v) is 13.3. The quantitative estimate of drug-likeness (QED) is 0.255. The van der Waals surface area contributed by atoms with Gasteiger partial charge in [0.25, 0.3) is 5.69 Å². The first-order chi connectivity index (χ1) is 12.0. The van der Waals surface area contributed by atoms with E-state index in [1.807, 2.05) is 24.3 Å². The molecule has 0 radical (unpaired) electrons. The summed E-state index contributed by atoms with van der Waals surface area (Å²) < 4.78 is 0. The normalized spacial score (nSPS) is 11.3. The number of hydrogen-bond acceptors (Lipinski definition) is 4. The van der Waals surface area contributed by atoms with Crippen LogP contribution in [-0.2, 0) is 0 Å². The van der Waals surface area contributed by atoms with Crippen molar-refractivity contribution in [2.75, 3.05) is 0 Å². The summed E-state index contributed by atoms with van der Waals surface area (Å²) in [5.74, 6) is -0.462. The molecule has 2 aromatic carbocycles. The van der Waals surface area contributed by atoms with Crippen LogP contribution in [0.4, 0.5) is 5.69 Å². The first-order valence-corrected chi connectivity index (χ1v) is 7.50. The van der Waals surface area contributed by atoms with Gasteiger partial charge in [0.15, 0.2) is 0 Å². The highest BCUT2D eigenvalue weighted by molar-refractivity contribution is 6.20. The maximum Gasteiger partial charge on any atom is 0.276 e. The van der Waals surface area contributed by atoms with Crippen LogP contribution in [0.2, 0.25) is 0 Å². The molecule has 0 saturated heterocycles. The molecule has 6 heteroatoms. The predicted molar refractivity (Wildman–Crippen MR) is 94.1 cm³/mol. The Kier molecular flexibility index (Phi) is 4.14. The highest BCUT2D eigenvalue weighted by atomic mass is 16.6. The number of aromatic amines is 1. The molecule has 0 atom stereocenters. The summed E-state index contributed by atoms with van der Waals surface area (Å²) in [7, 11) is 0. The van der Waals surface area contributed by atoms with Gasteiger partial charge in [-0.05, 0) is 25.1 Å². The van der Waals surface area contributed by atoms with E-state index in [9.17, 15) is 20.2 Å². The molecule has 6 nitrogen and oxygen atoms in total. The van der Waals surface area contributed by atoms with E-state index in [1.165, 1.54) is 24.3 Å². The highest BCUT2D eigenvalue weighted by Crippen LogP contribution is 2.26. The number of nitro groups is 1. The van der Waals surface area contributed by atoms with E-state index >= 15 is 0 Å². The van der Waals surface area contributed by atoms with E-state index in [2.05, 4.69) is 4.98 Å². The number of ketones is 1.